The summed E-state index contributed by atoms with van der Waals surface area (Å²) in [7, 11) is 1.86. The molecule has 1 amide bonds. The first-order valence-corrected chi connectivity index (χ1v) is 6.67. The van der Waals surface area contributed by atoms with Crippen molar-refractivity contribution >= 4 is 11.6 Å². The number of hydrogen-bond acceptors (Lipinski definition) is 3. The minimum absolute atomic E-state index is 0.0407. The summed E-state index contributed by atoms with van der Waals surface area (Å²) < 4.78 is 0. The van der Waals surface area contributed by atoms with E-state index in [1.807, 2.05) is 50.4 Å². The van der Waals surface area contributed by atoms with Crippen LogP contribution >= 0.6 is 0 Å². The number of anilines is 1. The zero-order valence-electron chi connectivity index (χ0n) is 11.8. The molecule has 1 aromatic carbocycles. The molecule has 4 heteroatoms. The van der Waals surface area contributed by atoms with Crippen molar-refractivity contribution in [1.82, 2.24) is 10.3 Å². The maximum Gasteiger partial charge on any atom is 0.251 e. The molecule has 0 aliphatic carbocycles. The van der Waals surface area contributed by atoms with Gasteiger partial charge < -0.3 is 10.6 Å². The van der Waals surface area contributed by atoms with Gasteiger partial charge >= 0.3 is 0 Å². The molecule has 1 aromatic heterocycles. The van der Waals surface area contributed by atoms with Crippen LogP contribution in [0.15, 0.2) is 42.6 Å². The molecule has 0 aliphatic heterocycles. The summed E-state index contributed by atoms with van der Waals surface area (Å²) in [5, 5.41) is 5.99. The molecule has 2 rings (SSSR count). The Hall–Kier alpha value is -2.36. The van der Waals surface area contributed by atoms with Crippen LogP contribution < -0.4 is 10.6 Å². The predicted molar refractivity (Wildman–Crippen MR) is 81.0 cm³/mol. The Labute approximate surface area is 119 Å². The smallest absolute Gasteiger partial charge is 0.251 e. The lowest BCUT2D eigenvalue weighted by Gasteiger charge is -2.09. The second-order valence-electron chi connectivity index (χ2n) is 4.61. The summed E-state index contributed by atoms with van der Waals surface area (Å²) in [5.41, 5.74) is 3.67. The lowest BCUT2D eigenvalue weighted by Crippen LogP contribution is -2.26. The third kappa shape index (κ3) is 3.57. The molecule has 0 atom stereocenters. The average molecular weight is 269 g/mol. The van der Waals surface area contributed by atoms with E-state index in [9.17, 15) is 4.79 Å². The molecule has 2 N–H and O–H groups in total. The Bertz CT molecular complexity index is 582. The summed E-state index contributed by atoms with van der Waals surface area (Å²) in [4.78, 5) is 16.3. The van der Waals surface area contributed by atoms with E-state index in [1.54, 1.807) is 6.20 Å². The number of carbonyl (C=O) groups is 1. The van der Waals surface area contributed by atoms with Crippen LogP contribution in [-0.2, 0) is 6.42 Å². The monoisotopic (exact) mass is 269 g/mol. The van der Waals surface area contributed by atoms with Crippen LogP contribution in [0, 0.1) is 6.92 Å². The predicted octanol–water partition coefficient (Wildman–Crippen LogP) is 2.40. The Morgan fingerprint density at radius 3 is 2.75 bits per heavy atom. The minimum Gasteiger partial charge on any atom is -0.388 e. The van der Waals surface area contributed by atoms with Crippen LogP contribution in [0.5, 0.6) is 0 Å². The van der Waals surface area contributed by atoms with Crippen LogP contribution in [0.1, 0.15) is 21.6 Å². The fourth-order valence-corrected chi connectivity index (χ4v) is 2.02. The molecular weight excluding hydrogens is 250 g/mol. The standard InChI is InChI=1S/C16H19N3O/c1-12-11-14(17-2)6-7-15(12)16(20)19-10-8-13-5-3-4-9-18-13/h3-7,9,11,17H,8,10H2,1-2H3,(H,19,20). The molecule has 0 spiro atoms. The Balaban J connectivity index is 1.92. The highest BCUT2D eigenvalue weighted by Gasteiger charge is 2.08. The largest absolute Gasteiger partial charge is 0.388 e. The van der Waals surface area contributed by atoms with Crippen LogP contribution in [0.3, 0.4) is 0 Å². The number of aryl methyl sites for hydroxylation is 1. The maximum atomic E-state index is 12.1. The third-order valence-corrected chi connectivity index (χ3v) is 3.15. The number of nitrogens with zero attached hydrogens (tertiary/aromatic N) is 1. The van der Waals surface area contributed by atoms with E-state index in [2.05, 4.69) is 15.6 Å². The zero-order chi connectivity index (χ0) is 14.4. The van der Waals surface area contributed by atoms with Crippen molar-refractivity contribution < 1.29 is 4.79 Å². The van der Waals surface area contributed by atoms with Crippen molar-refractivity contribution in [1.29, 1.82) is 0 Å². The summed E-state index contributed by atoms with van der Waals surface area (Å²) in [6.07, 6.45) is 2.50. The fraction of sp³-hybridized carbons (Fsp3) is 0.250. The van der Waals surface area contributed by atoms with Gasteiger partial charge in [-0.05, 0) is 42.8 Å². The highest BCUT2D eigenvalue weighted by atomic mass is 16.1. The number of amides is 1. The van der Waals surface area contributed by atoms with Gasteiger partial charge in [0.05, 0.1) is 0 Å². The maximum absolute atomic E-state index is 12.1. The highest BCUT2D eigenvalue weighted by molar-refractivity contribution is 5.96. The van der Waals surface area contributed by atoms with Crippen molar-refractivity contribution in [2.75, 3.05) is 18.9 Å². The van der Waals surface area contributed by atoms with E-state index in [0.717, 1.165) is 23.4 Å². The number of carbonyl (C=O) groups excluding carboxylic acids is 1. The molecule has 0 unspecified atom stereocenters. The first kappa shape index (κ1) is 14.1. The summed E-state index contributed by atoms with van der Waals surface area (Å²) >= 11 is 0. The van der Waals surface area contributed by atoms with E-state index < -0.39 is 0 Å². The zero-order valence-corrected chi connectivity index (χ0v) is 11.8. The van der Waals surface area contributed by atoms with Gasteiger partial charge in [0.25, 0.3) is 5.91 Å². The quantitative estimate of drug-likeness (QED) is 0.876. The molecule has 4 nitrogen and oxygen atoms in total. The van der Waals surface area contributed by atoms with E-state index in [0.29, 0.717) is 12.1 Å². The minimum atomic E-state index is -0.0407. The van der Waals surface area contributed by atoms with Crippen LogP contribution in [0.2, 0.25) is 0 Å². The van der Waals surface area contributed by atoms with Crippen LogP contribution in [-0.4, -0.2) is 24.5 Å². The van der Waals surface area contributed by atoms with Gasteiger partial charge in [-0.15, -0.1) is 0 Å². The fourth-order valence-electron chi connectivity index (χ4n) is 2.02. The molecule has 0 bridgehead atoms. The molecule has 0 saturated carbocycles. The van der Waals surface area contributed by atoms with Crippen molar-refractivity contribution in [3.8, 4) is 0 Å². The molecule has 2 aromatic rings. The lowest BCUT2D eigenvalue weighted by molar-refractivity contribution is 0.0953. The first-order valence-electron chi connectivity index (χ1n) is 6.67. The Morgan fingerprint density at radius 1 is 1.25 bits per heavy atom. The topological polar surface area (TPSA) is 54.0 Å². The highest BCUT2D eigenvalue weighted by Crippen LogP contribution is 2.14. The van der Waals surface area contributed by atoms with Crippen molar-refractivity contribution in [3.63, 3.8) is 0 Å². The van der Waals surface area contributed by atoms with Gasteiger partial charge in [-0.3, -0.25) is 9.78 Å². The second kappa shape index (κ2) is 6.70. The molecular formula is C16H19N3O. The lowest BCUT2D eigenvalue weighted by atomic mass is 10.1. The van der Waals surface area contributed by atoms with Gasteiger partial charge in [0.15, 0.2) is 0 Å². The number of hydrogen-bond donors (Lipinski definition) is 2. The molecule has 104 valence electrons. The van der Waals surface area contributed by atoms with Crippen molar-refractivity contribution in [2.24, 2.45) is 0 Å². The normalized spacial score (nSPS) is 10.1. The van der Waals surface area contributed by atoms with E-state index in [4.69, 9.17) is 0 Å². The van der Waals surface area contributed by atoms with Crippen LogP contribution in [0.25, 0.3) is 0 Å². The molecule has 0 fully saturated rings. The molecule has 1 heterocycles. The summed E-state index contributed by atoms with van der Waals surface area (Å²) in [6.45, 7) is 2.53. The second-order valence-corrected chi connectivity index (χ2v) is 4.61. The number of pyridine rings is 1. The van der Waals surface area contributed by atoms with Gasteiger partial charge in [-0.25, -0.2) is 0 Å². The number of benzene rings is 1. The molecule has 0 aliphatic rings. The number of rotatable bonds is 5. The van der Waals surface area contributed by atoms with E-state index in [1.165, 1.54) is 0 Å². The molecule has 20 heavy (non-hydrogen) atoms. The molecule has 0 radical (unpaired) electrons. The first-order chi connectivity index (χ1) is 9.70. The molecule has 0 saturated heterocycles. The summed E-state index contributed by atoms with van der Waals surface area (Å²) in [5.74, 6) is -0.0407. The van der Waals surface area contributed by atoms with Crippen molar-refractivity contribution in [2.45, 2.75) is 13.3 Å². The van der Waals surface area contributed by atoms with E-state index in [-0.39, 0.29) is 5.91 Å². The van der Waals surface area contributed by atoms with Gasteiger partial charge in [-0.1, -0.05) is 6.07 Å². The van der Waals surface area contributed by atoms with Gasteiger partial charge in [0.2, 0.25) is 0 Å². The van der Waals surface area contributed by atoms with Crippen molar-refractivity contribution in [3.05, 3.63) is 59.4 Å². The summed E-state index contributed by atoms with van der Waals surface area (Å²) in [6, 6.07) is 11.5. The van der Waals surface area contributed by atoms with E-state index >= 15 is 0 Å². The Morgan fingerprint density at radius 2 is 2.10 bits per heavy atom. The van der Waals surface area contributed by atoms with Crippen LogP contribution in [0.4, 0.5) is 5.69 Å². The number of aromatic nitrogens is 1. The third-order valence-electron chi connectivity index (χ3n) is 3.15. The average Bonchev–Trinajstić information content (AvgIpc) is 2.48. The van der Waals surface area contributed by atoms with Gasteiger partial charge in [0.1, 0.15) is 0 Å². The SMILES string of the molecule is CNc1ccc(C(=O)NCCc2ccccn2)c(C)c1. The Kier molecular flexibility index (Phi) is 4.71. The number of nitrogens with one attached hydrogen (secondary N) is 2. The van der Waals surface area contributed by atoms with Gasteiger partial charge in [-0.2, -0.15) is 0 Å². The van der Waals surface area contributed by atoms with Gasteiger partial charge in [0, 0.05) is 43.2 Å².